The fourth-order valence-electron chi connectivity index (χ4n) is 3.11. The van der Waals surface area contributed by atoms with Crippen molar-refractivity contribution in [1.82, 2.24) is 19.8 Å². The highest BCUT2D eigenvalue weighted by Gasteiger charge is 2.34. The Morgan fingerprint density at radius 2 is 2.00 bits per heavy atom. The number of likely N-dealkylation sites (tertiary alicyclic amines) is 1. The van der Waals surface area contributed by atoms with Crippen molar-refractivity contribution in [2.45, 2.75) is 25.4 Å². The van der Waals surface area contributed by atoms with Gasteiger partial charge in [-0.05, 0) is 45.1 Å². The monoisotopic (exact) mass is 346 g/mol. The molecule has 0 spiro atoms. The van der Waals surface area contributed by atoms with Gasteiger partial charge in [0.05, 0.1) is 11.7 Å². The van der Waals surface area contributed by atoms with E-state index in [2.05, 4.69) is 9.97 Å². The number of carbonyl (C=O) groups excluding carboxylic acids is 1. The zero-order valence-corrected chi connectivity index (χ0v) is 14.2. The molecule has 2 heterocycles. The van der Waals surface area contributed by atoms with Gasteiger partial charge < -0.3 is 9.80 Å². The average molecular weight is 346 g/mol. The Bertz CT molecular complexity index is 761. The zero-order valence-electron chi connectivity index (χ0n) is 14.2. The van der Waals surface area contributed by atoms with E-state index >= 15 is 0 Å². The molecule has 5 nitrogen and oxygen atoms in total. The lowest BCUT2D eigenvalue weighted by molar-refractivity contribution is 0.0719. The van der Waals surface area contributed by atoms with Gasteiger partial charge in [0.15, 0.2) is 5.82 Å². The lowest BCUT2D eigenvalue weighted by Crippen LogP contribution is -2.33. The number of nitrogens with zero attached hydrogens (tertiary/aromatic N) is 4. The first-order chi connectivity index (χ1) is 12.0. The van der Waals surface area contributed by atoms with Gasteiger partial charge in [0.25, 0.3) is 5.91 Å². The number of amides is 1. The van der Waals surface area contributed by atoms with Crippen LogP contribution in [0.5, 0.6) is 0 Å². The highest BCUT2D eigenvalue weighted by molar-refractivity contribution is 5.95. The third-order valence-electron chi connectivity index (χ3n) is 4.20. The van der Waals surface area contributed by atoms with Crippen LogP contribution in [-0.2, 0) is 6.54 Å². The third-order valence-corrected chi connectivity index (χ3v) is 4.20. The van der Waals surface area contributed by atoms with Crippen LogP contribution in [0.4, 0.5) is 8.78 Å². The van der Waals surface area contributed by atoms with Crippen LogP contribution in [0, 0.1) is 11.6 Å². The first kappa shape index (κ1) is 17.4. The Balaban J connectivity index is 1.89. The summed E-state index contributed by atoms with van der Waals surface area (Å²) in [5, 5.41) is 0. The molecule has 132 valence electrons. The van der Waals surface area contributed by atoms with Crippen molar-refractivity contribution in [2.75, 3.05) is 20.6 Å². The van der Waals surface area contributed by atoms with Gasteiger partial charge in [-0.25, -0.2) is 18.7 Å². The van der Waals surface area contributed by atoms with Crippen LogP contribution in [-0.4, -0.2) is 46.3 Å². The van der Waals surface area contributed by atoms with Crippen molar-refractivity contribution in [3.8, 4) is 0 Å². The second kappa shape index (κ2) is 7.23. The topological polar surface area (TPSA) is 49.3 Å². The van der Waals surface area contributed by atoms with Gasteiger partial charge in [-0.2, -0.15) is 0 Å². The van der Waals surface area contributed by atoms with E-state index in [-0.39, 0.29) is 6.04 Å². The molecule has 3 rings (SSSR count). The van der Waals surface area contributed by atoms with E-state index in [9.17, 15) is 13.6 Å². The molecule has 2 aromatic rings. The summed E-state index contributed by atoms with van der Waals surface area (Å²) in [6.07, 6.45) is 3.08. The quantitative estimate of drug-likeness (QED) is 0.854. The number of hydrogen-bond acceptors (Lipinski definition) is 4. The number of rotatable bonds is 4. The summed E-state index contributed by atoms with van der Waals surface area (Å²) in [7, 11) is 3.88. The lowest BCUT2D eigenvalue weighted by atomic mass is 10.1. The molecule has 0 saturated carbocycles. The van der Waals surface area contributed by atoms with Crippen LogP contribution in [0.3, 0.4) is 0 Å². The fourth-order valence-corrected chi connectivity index (χ4v) is 3.11. The van der Waals surface area contributed by atoms with E-state index in [0.717, 1.165) is 24.2 Å². The van der Waals surface area contributed by atoms with Gasteiger partial charge in [-0.1, -0.05) is 6.07 Å². The van der Waals surface area contributed by atoms with Crippen molar-refractivity contribution < 1.29 is 13.6 Å². The second-order valence-electron chi connectivity index (χ2n) is 6.40. The van der Waals surface area contributed by atoms with Crippen LogP contribution in [0.25, 0.3) is 0 Å². The summed E-state index contributed by atoms with van der Waals surface area (Å²) < 4.78 is 27.9. The number of hydrogen-bond donors (Lipinski definition) is 0. The molecule has 1 aromatic heterocycles. The number of benzene rings is 1. The highest BCUT2D eigenvalue weighted by atomic mass is 19.1. The van der Waals surface area contributed by atoms with Gasteiger partial charge >= 0.3 is 0 Å². The first-order valence-corrected chi connectivity index (χ1v) is 8.19. The molecule has 0 N–H and O–H groups in total. The summed E-state index contributed by atoms with van der Waals surface area (Å²) >= 11 is 0. The Labute approximate surface area is 145 Å². The molecular formula is C18H20F2N4O. The van der Waals surface area contributed by atoms with E-state index in [0.29, 0.717) is 25.3 Å². The molecule has 1 saturated heterocycles. The molecule has 1 atom stereocenters. The van der Waals surface area contributed by atoms with Crippen LogP contribution in [0.1, 0.15) is 40.8 Å². The molecule has 1 aliphatic rings. The van der Waals surface area contributed by atoms with E-state index in [1.807, 2.05) is 25.1 Å². The molecule has 1 aliphatic heterocycles. The molecule has 0 aliphatic carbocycles. The van der Waals surface area contributed by atoms with Crippen molar-refractivity contribution in [3.05, 3.63) is 59.2 Å². The standard InChI is InChI=1S/C18H20F2N4O/c1-23(2)11-12-8-9-21-17(22-12)15-7-4-10-24(15)18(25)16-13(19)5-3-6-14(16)20/h3,5-6,8-9,15H,4,7,10-11H2,1-2H3. The SMILES string of the molecule is CN(C)Cc1ccnc(C2CCCN2C(=O)c2c(F)cccc2F)n1. The van der Waals surface area contributed by atoms with Crippen molar-refractivity contribution in [1.29, 1.82) is 0 Å². The summed E-state index contributed by atoms with van der Waals surface area (Å²) in [4.78, 5) is 25.0. The van der Waals surface area contributed by atoms with Crippen LogP contribution in [0.2, 0.25) is 0 Å². The summed E-state index contributed by atoms with van der Waals surface area (Å²) in [5.41, 5.74) is 0.324. The van der Waals surface area contributed by atoms with Gasteiger partial charge in [-0.3, -0.25) is 4.79 Å². The number of carbonyl (C=O) groups is 1. The third kappa shape index (κ3) is 3.66. The maximum atomic E-state index is 14.0. The van der Waals surface area contributed by atoms with E-state index in [1.54, 1.807) is 6.20 Å². The van der Waals surface area contributed by atoms with E-state index < -0.39 is 23.1 Å². The minimum absolute atomic E-state index is 0.367. The Morgan fingerprint density at radius 3 is 2.68 bits per heavy atom. The zero-order chi connectivity index (χ0) is 18.0. The molecule has 1 unspecified atom stereocenters. The van der Waals surface area contributed by atoms with E-state index in [1.165, 1.54) is 11.0 Å². The van der Waals surface area contributed by atoms with Gasteiger partial charge in [-0.15, -0.1) is 0 Å². The highest BCUT2D eigenvalue weighted by Crippen LogP contribution is 2.32. The number of halogens is 2. The Kier molecular flexibility index (Phi) is 5.03. The largest absolute Gasteiger partial charge is 0.328 e. The molecule has 7 heteroatoms. The van der Waals surface area contributed by atoms with Crippen LogP contribution >= 0.6 is 0 Å². The minimum Gasteiger partial charge on any atom is -0.328 e. The van der Waals surface area contributed by atoms with Crippen molar-refractivity contribution >= 4 is 5.91 Å². The summed E-state index contributed by atoms with van der Waals surface area (Å²) in [5.74, 6) is -1.84. The molecule has 0 bridgehead atoms. The Hall–Kier alpha value is -2.41. The smallest absolute Gasteiger partial charge is 0.260 e. The van der Waals surface area contributed by atoms with Crippen molar-refractivity contribution in [3.63, 3.8) is 0 Å². The van der Waals surface area contributed by atoms with Crippen LogP contribution < -0.4 is 0 Å². The Morgan fingerprint density at radius 1 is 1.28 bits per heavy atom. The first-order valence-electron chi connectivity index (χ1n) is 8.19. The van der Waals surface area contributed by atoms with Gasteiger partial charge in [0, 0.05) is 19.3 Å². The predicted octanol–water partition coefficient (Wildman–Crippen LogP) is 2.79. The average Bonchev–Trinajstić information content (AvgIpc) is 3.04. The number of aromatic nitrogens is 2. The maximum absolute atomic E-state index is 14.0. The summed E-state index contributed by atoms with van der Waals surface area (Å²) in [6, 6.07) is 4.89. The molecule has 1 fully saturated rings. The second-order valence-corrected chi connectivity index (χ2v) is 6.40. The molecule has 1 aromatic carbocycles. The maximum Gasteiger partial charge on any atom is 0.260 e. The molecule has 25 heavy (non-hydrogen) atoms. The normalized spacial score (nSPS) is 17.3. The lowest BCUT2D eigenvalue weighted by Gasteiger charge is -2.24. The summed E-state index contributed by atoms with van der Waals surface area (Å²) in [6.45, 7) is 1.08. The van der Waals surface area contributed by atoms with E-state index in [4.69, 9.17) is 0 Å². The fraction of sp³-hybridized carbons (Fsp3) is 0.389. The van der Waals surface area contributed by atoms with Gasteiger partial charge in [0.1, 0.15) is 17.2 Å². The van der Waals surface area contributed by atoms with Crippen LogP contribution in [0.15, 0.2) is 30.5 Å². The van der Waals surface area contributed by atoms with Gasteiger partial charge in [0.2, 0.25) is 0 Å². The van der Waals surface area contributed by atoms with Crippen molar-refractivity contribution in [2.24, 2.45) is 0 Å². The predicted molar refractivity (Wildman–Crippen MR) is 88.8 cm³/mol. The molecule has 1 amide bonds. The molecular weight excluding hydrogens is 326 g/mol. The minimum atomic E-state index is -0.849. The molecule has 0 radical (unpaired) electrons.